The number of amides is 2. The van der Waals surface area contributed by atoms with Crippen molar-refractivity contribution in [3.8, 4) is 17.2 Å². The molecule has 2 amide bonds. The van der Waals surface area contributed by atoms with Crippen LogP contribution in [0.5, 0.6) is 17.2 Å². The zero-order valence-electron chi connectivity index (χ0n) is 23.5. The van der Waals surface area contributed by atoms with E-state index in [9.17, 15) is 33.3 Å². The van der Waals surface area contributed by atoms with Crippen LogP contribution in [0.3, 0.4) is 0 Å². The van der Waals surface area contributed by atoms with Crippen LogP contribution in [-0.4, -0.2) is 61.3 Å². The molecule has 0 saturated carbocycles. The molecule has 16 heteroatoms. The lowest BCUT2D eigenvalue weighted by molar-refractivity contribution is -0.384. The highest BCUT2D eigenvalue weighted by atomic mass is 32.2. The summed E-state index contributed by atoms with van der Waals surface area (Å²) in [5.41, 5.74) is 2.31. The Kier molecular flexibility index (Phi) is 10.5. The van der Waals surface area contributed by atoms with Crippen LogP contribution in [0.4, 0.5) is 10.5 Å². The molecule has 0 spiro atoms. The Bertz CT molecular complexity index is 1600. The molecule has 15 nitrogen and oxygen atoms in total. The minimum absolute atomic E-state index is 0.0105. The van der Waals surface area contributed by atoms with Gasteiger partial charge in [-0.2, -0.15) is 4.31 Å². The maximum Gasteiger partial charge on any atom is 0.407 e. The van der Waals surface area contributed by atoms with Crippen LogP contribution in [0.15, 0.2) is 71.6 Å². The highest BCUT2D eigenvalue weighted by Gasteiger charge is 2.36. The number of carbonyl (C=O) groups excluding carboxylic acids is 2. The van der Waals surface area contributed by atoms with E-state index in [0.717, 1.165) is 4.31 Å². The number of ether oxygens (including phenoxy) is 4. The van der Waals surface area contributed by atoms with Crippen molar-refractivity contribution in [3.05, 3.63) is 88.0 Å². The number of hydrogen-bond acceptors (Lipinski definition) is 11. The van der Waals surface area contributed by atoms with Crippen molar-refractivity contribution >= 4 is 27.7 Å². The van der Waals surface area contributed by atoms with Gasteiger partial charge in [-0.3, -0.25) is 20.1 Å². The van der Waals surface area contributed by atoms with Gasteiger partial charge in [-0.25, -0.2) is 18.7 Å². The quantitative estimate of drug-likeness (QED) is 0.102. The summed E-state index contributed by atoms with van der Waals surface area (Å²) >= 11 is 0. The summed E-state index contributed by atoms with van der Waals surface area (Å²) in [6.45, 7) is -0.472. The van der Waals surface area contributed by atoms with Gasteiger partial charge >= 0.3 is 6.09 Å². The van der Waals surface area contributed by atoms with Crippen molar-refractivity contribution in [2.75, 3.05) is 20.4 Å². The SMILES string of the molecule is COc1ccc(S(=O)(=O)N(Cc2ccc3c(c2)OCO3)[C@H](CCCNC(=O)OCc2cccc([N+](=O)[O-])c2)C(=O)NO)cc1. The van der Waals surface area contributed by atoms with Gasteiger partial charge in [-0.05, 0) is 60.4 Å². The average molecular weight is 631 g/mol. The van der Waals surface area contributed by atoms with E-state index in [1.807, 2.05) is 0 Å². The summed E-state index contributed by atoms with van der Waals surface area (Å²) in [6, 6.07) is 14.7. The molecule has 1 heterocycles. The lowest BCUT2D eigenvalue weighted by Gasteiger charge is -2.30. The van der Waals surface area contributed by atoms with E-state index < -0.39 is 33.0 Å². The molecule has 1 atom stereocenters. The maximum atomic E-state index is 13.9. The minimum Gasteiger partial charge on any atom is -0.497 e. The fourth-order valence-corrected chi connectivity index (χ4v) is 6.00. The summed E-state index contributed by atoms with van der Waals surface area (Å²) < 4.78 is 49.7. The van der Waals surface area contributed by atoms with Crippen LogP contribution in [0, 0.1) is 10.1 Å². The first-order chi connectivity index (χ1) is 21.1. The van der Waals surface area contributed by atoms with Gasteiger partial charge in [0.15, 0.2) is 11.5 Å². The van der Waals surface area contributed by atoms with E-state index in [2.05, 4.69) is 5.32 Å². The Morgan fingerprint density at radius 3 is 2.52 bits per heavy atom. The summed E-state index contributed by atoms with van der Waals surface area (Å²) in [6.07, 6.45) is -0.806. The van der Waals surface area contributed by atoms with Crippen molar-refractivity contribution < 1.29 is 47.1 Å². The number of hydroxylamine groups is 1. The highest BCUT2D eigenvalue weighted by molar-refractivity contribution is 7.89. The molecular formula is C28H30N4O11S. The number of nitrogens with zero attached hydrogens (tertiary/aromatic N) is 2. The second-order valence-corrected chi connectivity index (χ2v) is 11.4. The van der Waals surface area contributed by atoms with Crippen LogP contribution >= 0.6 is 0 Å². The number of nitrogens with one attached hydrogen (secondary N) is 2. The molecule has 3 aromatic rings. The molecule has 0 radical (unpaired) electrons. The zero-order valence-corrected chi connectivity index (χ0v) is 24.3. The largest absolute Gasteiger partial charge is 0.497 e. The average Bonchev–Trinajstić information content (AvgIpc) is 3.51. The van der Waals surface area contributed by atoms with E-state index in [-0.39, 0.29) is 49.9 Å². The third kappa shape index (κ3) is 7.91. The lowest BCUT2D eigenvalue weighted by atomic mass is 10.1. The van der Waals surface area contributed by atoms with Gasteiger partial charge < -0.3 is 24.3 Å². The van der Waals surface area contributed by atoms with Gasteiger partial charge in [0.25, 0.3) is 11.6 Å². The third-order valence-corrected chi connectivity index (χ3v) is 8.49. The fourth-order valence-electron chi connectivity index (χ4n) is 4.39. The van der Waals surface area contributed by atoms with Gasteiger partial charge in [0.1, 0.15) is 18.4 Å². The number of rotatable bonds is 14. The smallest absolute Gasteiger partial charge is 0.407 e. The van der Waals surface area contributed by atoms with Crippen molar-refractivity contribution in [1.82, 2.24) is 15.1 Å². The second-order valence-electron chi connectivity index (χ2n) is 9.48. The van der Waals surface area contributed by atoms with Crippen LogP contribution in [0.1, 0.15) is 24.0 Å². The first kappa shape index (κ1) is 32.0. The first-order valence-electron chi connectivity index (χ1n) is 13.2. The normalized spacial score (nSPS) is 12.8. The Labute approximate surface area is 252 Å². The van der Waals surface area contributed by atoms with Gasteiger partial charge in [-0.1, -0.05) is 18.2 Å². The number of methoxy groups -OCH3 is 1. The molecule has 0 aliphatic carbocycles. The molecule has 0 fully saturated rings. The summed E-state index contributed by atoms with van der Waals surface area (Å²) in [4.78, 5) is 35.4. The second kappa shape index (κ2) is 14.5. The highest BCUT2D eigenvalue weighted by Crippen LogP contribution is 2.34. The Hall–Kier alpha value is -4.93. The molecule has 0 aromatic heterocycles. The molecule has 44 heavy (non-hydrogen) atoms. The Balaban J connectivity index is 1.47. The fraction of sp³-hybridized carbons (Fsp3) is 0.286. The molecule has 0 unspecified atom stereocenters. The first-order valence-corrected chi connectivity index (χ1v) is 14.7. The molecule has 1 aliphatic heterocycles. The van der Waals surface area contributed by atoms with Crippen molar-refractivity contribution in [1.29, 1.82) is 0 Å². The predicted molar refractivity (Wildman–Crippen MR) is 153 cm³/mol. The van der Waals surface area contributed by atoms with Crippen LogP contribution in [0.25, 0.3) is 0 Å². The Morgan fingerprint density at radius 1 is 1.07 bits per heavy atom. The Morgan fingerprint density at radius 2 is 1.82 bits per heavy atom. The van der Waals surface area contributed by atoms with Crippen LogP contribution < -0.4 is 25.0 Å². The number of alkyl carbamates (subject to hydrolysis) is 1. The molecule has 0 bridgehead atoms. The minimum atomic E-state index is -4.32. The van der Waals surface area contributed by atoms with E-state index in [1.165, 1.54) is 49.6 Å². The summed E-state index contributed by atoms with van der Waals surface area (Å²) in [5.74, 6) is 0.363. The lowest BCUT2D eigenvalue weighted by Crippen LogP contribution is -2.48. The third-order valence-electron chi connectivity index (χ3n) is 6.62. The zero-order chi connectivity index (χ0) is 31.7. The number of carbonyl (C=O) groups is 2. The predicted octanol–water partition coefficient (Wildman–Crippen LogP) is 3.10. The van der Waals surface area contributed by atoms with Gasteiger partial charge in [-0.15, -0.1) is 0 Å². The van der Waals surface area contributed by atoms with Crippen molar-refractivity contribution in [2.24, 2.45) is 0 Å². The van der Waals surface area contributed by atoms with Crippen LogP contribution in [0.2, 0.25) is 0 Å². The van der Waals surface area contributed by atoms with Gasteiger partial charge in [0, 0.05) is 25.2 Å². The monoisotopic (exact) mass is 630 g/mol. The number of benzene rings is 3. The molecule has 234 valence electrons. The number of nitro groups is 1. The molecule has 4 rings (SSSR count). The molecule has 0 saturated heterocycles. The number of non-ortho nitro benzene ring substituents is 1. The van der Waals surface area contributed by atoms with Crippen LogP contribution in [-0.2, 0) is 32.7 Å². The van der Waals surface area contributed by atoms with Gasteiger partial charge in [0.05, 0.1) is 16.9 Å². The molecule has 1 aliphatic rings. The molecule has 3 aromatic carbocycles. The number of sulfonamides is 1. The summed E-state index contributed by atoms with van der Waals surface area (Å²) in [5, 5.41) is 23.0. The van der Waals surface area contributed by atoms with E-state index in [4.69, 9.17) is 18.9 Å². The van der Waals surface area contributed by atoms with Gasteiger partial charge in [0.2, 0.25) is 16.8 Å². The van der Waals surface area contributed by atoms with Crippen molar-refractivity contribution in [3.63, 3.8) is 0 Å². The van der Waals surface area contributed by atoms with E-state index in [1.54, 1.807) is 29.7 Å². The topological polar surface area (TPSA) is 196 Å². The molecular weight excluding hydrogens is 600 g/mol. The number of fused-ring (bicyclic) bond motifs is 1. The summed E-state index contributed by atoms with van der Waals surface area (Å²) in [7, 11) is -2.88. The molecule has 3 N–H and O–H groups in total. The standard InChI is InChI=1S/C28H30N4O11S/c1-40-22-8-10-23(11-9-22)44(38,39)31(16-19-7-12-25-26(15-19)43-18-42-25)24(27(33)30-35)6-3-13-29-28(34)41-17-20-4-2-5-21(14-20)32(36)37/h2,4-5,7-12,14-15,24,35H,3,6,13,16-18H2,1H3,(H,29,34)(H,30,33)/t24-/m1/s1. The van der Waals surface area contributed by atoms with E-state index >= 15 is 0 Å². The number of nitro benzene ring substituents is 1. The maximum absolute atomic E-state index is 13.9. The van der Waals surface area contributed by atoms with Crippen molar-refractivity contribution in [2.45, 2.75) is 36.9 Å². The van der Waals surface area contributed by atoms with E-state index in [0.29, 0.717) is 28.4 Å². The number of hydrogen-bond donors (Lipinski definition) is 3.